The van der Waals surface area contributed by atoms with Gasteiger partial charge in [0.05, 0.1) is 11.7 Å². The van der Waals surface area contributed by atoms with E-state index in [1.54, 1.807) is 0 Å². The molecule has 0 radical (unpaired) electrons. The number of nitrogens with one attached hydrogen (secondary N) is 2. The highest BCUT2D eigenvalue weighted by molar-refractivity contribution is 6.01. The summed E-state index contributed by atoms with van der Waals surface area (Å²) in [6.07, 6.45) is 5.73. The fraction of sp³-hybridized carbons (Fsp3) is 0.0526. The lowest BCUT2D eigenvalue weighted by Crippen LogP contribution is -2.12. The van der Waals surface area contributed by atoms with Gasteiger partial charge >= 0.3 is 0 Å². The van der Waals surface area contributed by atoms with E-state index in [4.69, 9.17) is 0 Å². The minimum absolute atomic E-state index is 0.00319. The molecule has 0 fully saturated rings. The quantitative estimate of drug-likeness (QED) is 0.555. The average Bonchev–Trinajstić information content (AvgIpc) is 2.98. The second-order valence-corrected chi connectivity index (χ2v) is 5.70. The fourth-order valence-electron chi connectivity index (χ4n) is 3.39. The number of pyridine rings is 2. The van der Waals surface area contributed by atoms with Gasteiger partial charge in [-0.05, 0) is 29.8 Å². The number of nitrogens with zero attached hydrogens (tertiary/aromatic N) is 2. The maximum atomic E-state index is 4.56. The summed E-state index contributed by atoms with van der Waals surface area (Å²) in [7, 11) is 0. The minimum Gasteiger partial charge on any atom is -0.372 e. The molecule has 1 aliphatic rings. The summed E-state index contributed by atoms with van der Waals surface area (Å²) in [5, 5.41) is 4.83. The van der Waals surface area contributed by atoms with Gasteiger partial charge in [0.1, 0.15) is 5.65 Å². The van der Waals surface area contributed by atoms with Gasteiger partial charge in [0.15, 0.2) is 0 Å². The molecule has 1 aromatic carbocycles. The first-order valence-corrected chi connectivity index (χ1v) is 7.65. The number of fused-ring (bicyclic) bond motifs is 2. The van der Waals surface area contributed by atoms with Gasteiger partial charge in [-0.15, -0.1) is 0 Å². The highest BCUT2D eigenvalue weighted by Gasteiger charge is 2.26. The van der Waals surface area contributed by atoms with E-state index in [2.05, 4.69) is 56.7 Å². The Balaban J connectivity index is 1.87. The second kappa shape index (κ2) is 4.68. The molecule has 0 amide bonds. The van der Waals surface area contributed by atoms with Crippen molar-refractivity contribution in [2.24, 2.45) is 0 Å². The lowest BCUT2D eigenvalue weighted by atomic mass is 9.99. The number of hydrogen-bond acceptors (Lipinski definition) is 3. The summed E-state index contributed by atoms with van der Waals surface area (Å²) >= 11 is 0. The van der Waals surface area contributed by atoms with E-state index < -0.39 is 0 Å². The van der Waals surface area contributed by atoms with E-state index in [0.29, 0.717) is 0 Å². The Labute approximate surface area is 133 Å². The van der Waals surface area contributed by atoms with Crippen LogP contribution in [0.15, 0.2) is 67.1 Å². The summed E-state index contributed by atoms with van der Waals surface area (Å²) in [5.41, 5.74) is 6.61. The first kappa shape index (κ1) is 12.4. The molecule has 4 aromatic rings. The standard InChI is InChI=1S/C19H14N4/c1-2-6-15-12(5-1)13-8-10-21-19-17(13)14(11-22-19)18(23-15)16-7-3-4-9-20-16/h1-11,18,23H,(H,21,22). The Morgan fingerprint density at radius 2 is 1.74 bits per heavy atom. The Kier molecular flexibility index (Phi) is 2.52. The topological polar surface area (TPSA) is 53.6 Å². The Morgan fingerprint density at radius 3 is 2.65 bits per heavy atom. The Morgan fingerprint density at radius 1 is 0.826 bits per heavy atom. The molecule has 2 N–H and O–H groups in total. The van der Waals surface area contributed by atoms with Crippen molar-refractivity contribution in [3.05, 3.63) is 78.4 Å². The molecule has 23 heavy (non-hydrogen) atoms. The third-order valence-corrected chi connectivity index (χ3v) is 4.42. The van der Waals surface area contributed by atoms with Crippen LogP contribution in [0.2, 0.25) is 0 Å². The molecule has 1 atom stereocenters. The van der Waals surface area contributed by atoms with Crippen LogP contribution in [0.3, 0.4) is 0 Å². The van der Waals surface area contributed by atoms with Crippen molar-refractivity contribution in [1.82, 2.24) is 15.0 Å². The van der Waals surface area contributed by atoms with Crippen LogP contribution in [-0.2, 0) is 0 Å². The van der Waals surface area contributed by atoms with Crippen LogP contribution < -0.4 is 5.32 Å². The zero-order chi connectivity index (χ0) is 15.2. The number of aromatic nitrogens is 3. The summed E-state index contributed by atoms with van der Waals surface area (Å²) in [4.78, 5) is 12.3. The SMILES string of the molecule is c1ccc(C2Nc3ccccc3-c3ccnc4[nH]cc2c34)nc1. The normalized spacial score (nSPS) is 15.7. The molecule has 0 aliphatic carbocycles. The van der Waals surface area contributed by atoms with E-state index in [1.807, 2.05) is 30.7 Å². The first-order valence-electron chi connectivity index (χ1n) is 7.65. The summed E-state index contributed by atoms with van der Waals surface area (Å²) < 4.78 is 0. The van der Waals surface area contributed by atoms with Crippen molar-refractivity contribution in [1.29, 1.82) is 0 Å². The van der Waals surface area contributed by atoms with Gasteiger partial charge in [-0.3, -0.25) is 4.98 Å². The summed E-state index contributed by atoms with van der Waals surface area (Å²) in [6, 6.07) is 16.5. The van der Waals surface area contributed by atoms with Crippen molar-refractivity contribution in [3.8, 4) is 11.1 Å². The van der Waals surface area contributed by atoms with Crippen molar-refractivity contribution in [3.63, 3.8) is 0 Å². The molecule has 5 rings (SSSR count). The van der Waals surface area contributed by atoms with E-state index >= 15 is 0 Å². The Bertz CT molecular complexity index is 1000. The largest absolute Gasteiger partial charge is 0.372 e. The van der Waals surface area contributed by atoms with Crippen molar-refractivity contribution < 1.29 is 0 Å². The highest BCUT2D eigenvalue weighted by Crippen LogP contribution is 2.42. The molecule has 0 spiro atoms. The van der Waals surface area contributed by atoms with Crippen LogP contribution in [-0.4, -0.2) is 15.0 Å². The predicted octanol–water partition coefficient (Wildman–Crippen LogP) is 4.14. The van der Waals surface area contributed by atoms with Gasteiger partial charge < -0.3 is 10.3 Å². The molecule has 4 heterocycles. The third kappa shape index (κ3) is 1.78. The summed E-state index contributed by atoms with van der Waals surface area (Å²) in [5.74, 6) is 0. The van der Waals surface area contributed by atoms with Crippen molar-refractivity contribution in [2.45, 2.75) is 6.04 Å². The average molecular weight is 298 g/mol. The Hall–Kier alpha value is -3.14. The van der Waals surface area contributed by atoms with Crippen LogP contribution in [0, 0.1) is 0 Å². The number of aromatic amines is 1. The molecule has 1 aliphatic heterocycles. The zero-order valence-corrected chi connectivity index (χ0v) is 12.3. The van der Waals surface area contributed by atoms with Crippen LogP contribution in [0.5, 0.6) is 0 Å². The predicted molar refractivity (Wildman–Crippen MR) is 91.2 cm³/mol. The molecular formula is C19H14N4. The van der Waals surface area contributed by atoms with Crippen molar-refractivity contribution in [2.75, 3.05) is 5.32 Å². The van der Waals surface area contributed by atoms with E-state index in [0.717, 1.165) is 17.0 Å². The van der Waals surface area contributed by atoms with Gasteiger partial charge in [-0.25, -0.2) is 4.98 Å². The van der Waals surface area contributed by atoms with Gasteiger partial charge in [-0.1, -0.05) is 24.3 Å². The first-order chi connectivity index (χ1) is 11.4. The minimum atomic E-state index is -0.00319. The van der Waals surface area contributed by atoms with Gasteiger partial charge in [0.2, 0.25) is 0 Å². The lowest BCUT2D eigenvalue weighted by Gasteiger charge is -2.18. The van der Waals surface area contributed by atoms with E-state index in [-0.39, 0.29) is 6.04 Å². The number of para-hydroxylation sites is 1. The molecule has 0 saturated heterocycles. The zero-order valence-electron chi connectivity index (χ0n) is 12.3. The number of benzene rings is 1. The molecule has 0 bridgehead atoms. The van der Waals surface area contributed by atoms with Crippen LogP contribution in [0.25, 0.3) is 22.2 Å². The van der Waals surface area contributed by atoms with Crippen LogP contribution in [0.4, 0.5) is 5.69 Å². The highest BCUT2D eigenvalue weighted by atomic mass is 15.0. The number of anilines is 1. The van der Waals surface area contributed by atoms with Crippen LogP contribution in [0.1, 0.15) is 17.3 Å². The molecule has 1 unspecified atom stereocenters. The van der Waals surface area contributed by atoms with Crippen LogP contribution >= 0.6 is 0 Å². The van der Waals surface area contributed by atoms with Gasteiger partial charge in [-0.2, -0.15) is 0 Å². The number of hydrogen-bond donors (Lipinski definition) is 2. The maximum absolute atomic E-state index is 4.56. The second-order valence-electron chi connectivity index (χ2n) is 5.70. The molecule has 4 nitrogen and oxygen atoms in total. The maximum Gasteiger partial charge on any atom is 0.138 e. The van der Waals surface area contributed by atoms with Gasteiger partial charge in [0, 0.05) is 40.8 Å². The number of rotatable bonds is 1. The number of H-pyrrole nitrogens is 1. The summed E-state index contributed by atoms with van der Waals surface area (Å²) in [6.45, 7) is 0. The van der Waals surface area contributed by atoms with E-state index in [9.17, 15) is 0 Å². The molecule has 4 heteroatoms. The molecule has 110 valence electrons. The van der Waals surface area contributed by atoms with E-state index in [1.165, 1.54) is 22.1 Å². The smallest absolute Gasteiger partial charge is 0.138 e. The molecular weight excluding hydrogens is 284 g/mol. The monoisotopic (exact) mass is 298 g/mol. The molecule has 0 saturated carbocycles. The van der Waals surface area contributed by atoms with Gasteiger partial charge in [0.25, 0.3) is 0 Å². The lowest BCUT2D eigenvalue weighted by molar-refractivity contribution is 0.897. The molecule has 3 aromatic heterocycles. The van der Waals surface area contributed by atoms with Crippen molar-refractivity contribution >= 4 is 16.7 Å². The fourth-order valence-corrected chi connectivity index (χ4v) is 3.39. The third-order valence-electron chi connectivity index (χ3n) is 4.42.